The summed E-state index contributed by atoms with van der Waals surface area (Å²) in [5.74, 6) is 0. The van der Waals surface area contributed by atoms with Crippen molar-refractivity contribution in [1.82, 2.24) is 5.32 Å². The number of hydrogen-bond donors (Lipinski definition) is 2. The van der Waals surface area contributed by atoms with Gasteiger partial charge in [-0.15, -0.1) is 0 Å². The fourth-order valence-electron chi connectivity index (χ4n) is 2.77. The highest BCUT2D eigenvalue weighted by Gasteiger charge is 2.23. The minimum absolute atomic E-state index is 0.480. The topological polar surface area (TPSA) is 33.3 Å². The molecule has 3 rings (SSSR count). The summed E-state index contributed by atoms with van der Waals surface area (Å²) in [5, 5.41) is 7.26. The lowest BCUT2D eigenvalue weighted by Crippen LogP contribution is -2.33. The van der Waals surface area contributed by atoms with Crippen LogP contribution in [0.15, 0.2) is 24.3 Å². The lowest BCUT2D eigenvalue weighted by atomic mass is 10.0. The van der Waals surface area contributed by atoms with Crippen LogP contribution < -0.4 is 10.6 Å². The van der Waals surface area contributed by atoms with Crippen molar-refractivity contribution in [3.8, 4) is 0 Å². The Labute approximate surface area is 103 Å². The molecule has 2 aliphatic heterocycles. The summed E-state index contributed by atoms with van der Waals surface area (Å²) in [7, 11) is 0. The van der Waals surface area contributed by atoms with Crippen LogP contribution in [0.5, 0.6) is 0 Å². The number of anilines is 1. The maximum absolute atomic E-state index is 5.44. The molecule has 3 nitrogen and oxygen atoms in total. The summed E-state index contributed by atoms with van der Waals surface area (Å²) in [6.07, 6.45) is 3.58. The van der Waals surface area contributed by atoms with Crippen molar-refractivity contribution in [2.75, 3.05) is 25.1 Å². The van der Waals surface area contributed by atoms with Gasteiger partial charge in [0.15, 0.2) is 0 Å². The molecule has 0 bridgehead atoms. The quantitative estimate of drug-likeness (QED) is 0.821. The number of fused-ring (bicyclic) bond motifs is 1. The Bertz CT molecular complexity index is 374. The van der Waals surface area contributed by atoms with E-state index in [1.165, 1.54) is 24.1 Å². The predicted molar refractivity (Wildman–Crippen MR) is 69.3 cm³/mol. The van der Waals surface area contributed by atoms with E-state index in [-0.39, 0.29) is 0 Å². The van der Waals surface area contributed by atoms with Gasteiger partial charge in [-0.05, 0) is 30.9 Å². The number of ether oxygens (including phenoxy) is 1. The average Bonchev–Trinajstić information content (AvgIpc) is 2.78. The number of nitrogens with one attached hydrogen (secondary N) is 2. The SMILES string of the molecule is c1ccc2c(c1)NCCC[C@@H]2N[C@@H]1CCOC1. The molecule has 2 aliphatic rings. The fourth-order valence-corrected chi connectivity index (χ4v) is 2.77. The Morgan fingerprint density at radius 2 is 2.18 bits per heavy atom. The minimum atomic E-state index is 0.480. The Hall–Kier alpha value is -1.06. The molecule has 2 heterocycles. The Morgan fingerprint density at radius 3 is 3.06 bits per heavy atom. The average molecular weight is 232 g/mol. The maximum Gasteiger partial charge on any atom is 0.0620 e. The van der Waals surface area contributed by atoms with Crippen LogP contribution in [0.3, 0.4) is 0 Å². The molecule has 1 aromatic carbocycles. The summed E-state index contributed by atoms with van der Waals surface area (Å²) in [5.41, 5.74) is 2.71. The molecule has 0 saturated carbocycles. The summed E-state index contributed by atoms with van der Waals surface area (Å²) in [6.45, 7) is 2.85. The highest BCUT2D eigenvalue weighted by Crippen LogP contribution is 2.30. The first kappa shape index (κ1) is 11.1. The molecular formula is C14H20N2O. The van der Waals surface area contributed by atoms with Crippen LogP contribution in [0.25, 0.3) is 0 Å². The predicted octanol–water partition coefficient (Wildman–Crippen LogP) is 2.31. The number of benzene rings is 1. The third-order valence-electron chi connectivity index (χ3n) is 3.69. The molecule has 0 unspecified atom stereocenters. The Balaban J connectivity index is 1.78. The maximum atomic E-state index is 5.44. The first-order valence-electron chi connectivity index (χ1n) is 6.60. The first-order chi connectivity index (χ1) is 8.43. The van der Waals surface area contributed by atoms with Gasteiger partial charge in [0.1, 0.15) is 0 Å². The van der Waals surface area contributed by atoms with Crippen LogP contribution in [0.2, 0.25) is 0 Å². The van der Waals surface area contributed by atoms with E-state index in [1.807, 2.05) is 0 Å². The fraction of sp³-hybridized carbons (Fsp3) is 0.571. The molecule has 1 saturated heterocycles. The van der Waals surface area contributed by atoms with Gasteiger partial charge in [-0.2, -0.15) is 0 Å². The van der Waals surface area contributed by atoms with Crippen molar-refractivity contribution >= 4 is 5.69 Å². The van der Waals surface area contributed by atoms with Gasteiger partial charge < -0.3 is 15.4 Å². The van der Waals surface area contributed by atoms with Crippen LogP contribution in [-0.2, 0) is 4.74 Å². The number of hydrogen-bond acceptors (Lipinski definition) is 3. The van der Waals surface area contributed by atoms with Crippen molar-refractivity contribution in [3.05, 3.63) is 29.8 Å². The zero-order valence-electron chi connectivity index (χ0n) is 10.1. The van der Waals surface area contributed by atoms with Crippen molar-refractivity contribution in [2.45, 2.75) is 31.3 Å². The van der Waals surface area contributed by atoms with E-state index >= 15 is 0 Å². The monoisotopic (exact) mass is 232 g/mol. The molecule has 3 heteroatoms. The van der Waals surface area contributed by atoms with Crippen LogP contribution in [0.4, 0.5) is 5.69 Å². The normalized spacial score (nSPS) is 28.2. The van der Waals surface area contributed by atoms with Gasteiger partial charge in [0.05, 0.1) is 6.61 Å². The highest BCUT2D eigenvalue weighted by atomic mass is 16.5. The summed E-state index contributed by atoms with van der Waals surface area (Å²) in [4.78, 5) is 0. The number of rotatable bonds is 2. The second-order valence-corrected chi connectivity index (χ2v) is 4.94. The third kappa shape index (κ3) is 2.45. The molecule has 1 fully saturated rings. The molecular weight excluding hydrogens is 212 g/mol. The van der Waals surface area contributed by atoms with E-state index in [1.54, 1.807) is 0 Å². The summed E-state index contributed by atoms with van der Waals surface area (Å²) in [6, 6.07) is 9.67. The molecule has 92 valence electrons. The molecule has 2 N–H and O–H groups in total. The van der Waals surface area contributed by atoms with Gasteiger partial charge in [-0.3, -0.25) is 0 Å². The molecule has 0 spiro atoms. The molecule has 0 radical (unpaired) electrons. The van der Waals surface area contributed by atoms with E-state index in [4.69, 9.17) is 4.74 Å². The minimum Gasteiger partial charge on any atom is -0.385 e. The van der Waals surface area contributed by atoms with Gasteiger partial charge in [0, 0.05) is 30.9 Å². The van der Waals surface area contributed by atoms with Gasteiger partial charge in [-0.25, -0.2) is 0 Å². The van der Waals surface area contributed by atoms with E-state index in [0.717, 1.165) is 26.2 Å². The second-order valence-electron chi connectivity index (χ2n) is 4.94. The van der Waals surface area contributed by atoms with Gasteiger partial charge >= 0.3 is 0 Å². The number of para-hydroxylation sites is 1. The second kappa shape index (κ2) is 5.07. The highest BCUT2D eigenvalue weighted by molar-refractivity contribution is 5.53. The lowest BCUT2D eigenvalue weighted by Gasteiger charge is -2.22. The van der Waals surface area contributed by atoms with Crippen molar-refractivity contribution in [1.29, 1.82) is 0 Å². The third-order valence-corrected chi connectivity index (χ3v) is 3.69. The Kier molecular flexibility index (Phi) is 3.29. The lowest BCUT2D eigenvalue weighted by molar-refractivity contribution is 0.187. The van der Waals surface area contributed by atoms with Crippen molar-refractivity contribution < 1.29 is 4.74 Å². The van der Waals surface area contributed by atoms with Gasteiger partial charge in [0.25, 0.3) is 0 Å². The molecule has 2 atom stereocenters. The van der Waals surface area contributed by atoms with Crippen LogP contribution in [-0.4, -0.2) is 25.8 Å². The smallest absolute Gasteiger partial charge is 0.0620 e. The molecule has 17 heavy (non-hydrogen) atoms. The molecule has 0 aromatic heterocycles. The van der Waals surface area contributed by atoms with Crippen LogP contribution >= 0.6 is 0 Å². The molecule has 0 aliphatic carbocycles. The Morgan fingerprint density at radius 1 is 1.24 bits per heavy atom. The van der Waals surface area contributed by atoms with E-state index in [0.29, 0.717) is 12.1 Å². The zero-order chi connectivity index (χ0) is 11.5. The van der Waals surface area contributed by atoms with Crippen molar-refractivity contribution in [2.24, 2.45) is 0 Å². The van der Waals surface area contributed by atoms with Gasteiger partial charge in [0.2, 0.25) is 0 Å². The van der Waals surface area contributed by atoms with Crippen LogP contribution in [0, 0.1) is 0 Å². The van der Waals surface area contributed by atoms with E-state index in [9.17, 15) is 0 Å². The molecule has 0 amide bonds. The van der Waals surface area contributed by atoms with Gasteiger partial charge in [-0.1, -0.05) is 18.2 Å². The zero-order valence-corrected chi connectivity index (χ0v) is 10.1. The standard InChI is InChI=1S/C14H20N2O/c1-2-5-13-12(4-1)14(6-3-8-15-13)16-11-7-9-17-10-11/h1-2,4-5,11,14-16H,3,6-10H2/t11-,14+/m1/s1. The molecule has 1 aromatic rings. The van der Waals surface area contributed by atoms with Crippen molar-refractivity contribution in [3.63, 3.8) is 0 Å². The summed E-state index contributed by atoms with van der Waals surface area (Å²) < 4.78 is 5.44. The van der Waals surface area contributed by atoms with Crippen LogP contribution in [0.1, 0.15) is 30.9 Å². The van der Waals surface area contributed by atoms with E-state index < -0.39 is 0 Å². The first-order valence-corrected chi connectivity index (χ1v) is 6.60. The summed E-state index contributed by atoms with van der Waals surface area (Å²) >= 11 is 0. The largest absolute Gasteiger partial charge is 0.385 e. The van der Waals surface area contributed by atoms with E-state index in [2.05, 4.69) is 34.9 Å².